The predicted octanol–water partition coefficient (Wildman–Crippen LogP) is 3.59. The summed E-state index contributed by atoms with van der Waals surface area (Å²) < 4.78 is 0. The van der Waals surface area contributed by atoms with Crippen molar-refractivity contribution in [3.05, 3.63) is 29.3 Å². The van der Waals surface area contributed by atoms with E-state index in [1.807, 2.05) is 18.2 Å². The van der Waals surface area contributed by atoms with Crippen molar-refractivity contribution in [3.8, 4) is 0 Å². The second-order valence-corrected chi connectivity index (χ2v) is 4.97. The highest BCUT2D eigenvalue weighted by molar-refractivity contribution is 5.98. The van der Waals surface area contributed by atoms with Crippen molar-refractivity contribution in [3.63, 3.8) is 0 Å². The number of anilines is 1. The number of benzene rings is 1. The molecule has 0 saturated heterocycles. The quantitative estimate of drug-likeness (QED) is 0.638. The highest BCUT2D eigenvalue weighted by Gasteiger charge is 2.22. The third kappa shape index (κ3) is 2.68. The fourth-order valence-corrected chi connectivity index (χ4v) is 2.67. The van der Waals surface area contributed by atoms with Crippen molar-refractivity contribution < 1.29 is 4.79 Å². The van der Waals surface area contributed by atoms with E-state index in [4.69, 9.17) is 5.73 Å². The normalized spacial score (nSPS) is 17.0. The number of nitrogen functional groups attached to an aromatic ring is 1. The van der Waals surface area contributed by atoms with E-state index in [0.717, 1.165) is 36.1 Å². The Kier molecular flexibility index (Phi) is 3.82. The van der Waals surface area contributed by atoms with Crippen LogP contribution in [-0.2, 0) is 6.42 Å². The molecule has 0 heterocycles. The Bertz CT molecular complexity index is 405. The number of carbonyl (C=O) groups excluding carboxylic acids is 1. The van der Waals surface area contributed by atoms with E-state index in [2.05, 4.69) is 6.92 Å². The molecule has 92 valence electrons. The topological polar surface area (TPSA) is 43.1 Å². The Morgan fingerprint density at radius 1 is 1.29 bits per heavy atom. The number of rotatable bonds is 3. The summed E-state index contributed by atoms with van der Waals surface area (Å²) in [6, 6.07) is 5.79. The van der Waals surface area contributed by atoms with Gasteiger partial charge in [0.05, 0.1) is 0 Å². The highest BCUT2D eigenvalue weighted by atomic mass is 16.1. The molecule has 0 spiro atoms. The first-order valence-electron chi connectivity index (χ1n) is 6.65. The van der Waals surface area contributed by atoms with Crippen molar-refractivity contribution in [1.82, 2.24) is 0 Å². The molecule has 1 aromatic carbocycles. The number of hydrogen-bond acceptors (Lipinski definition) is 2. The fraction of sp³-hybridized carbons (Fsp3) is 0.533. The van der Waals surface area contributed by atoms with Crippen LogP contribution in [0.1, 0.15) is 54.9 Å². The maximum atomic E-state index is 12.3. The molecule has 2 nitrogen and oxygen atoms in total. The Morgan fingerprint density at radius 3 is 2.59 bits per heavy atom. The van der Waals surface area contributed by atoms with E-state index in [-0.39, 0.29) is 5.92 Å². The van der Waals surface area contributed by atoms with Crippen molar-refractivity contribution in [2.45, 2.75) is 45.4 Å². The lowest BCUT2D eigenvalue weighted by atomic mass is 9.83. The van der Waals surface area contributed by atoms with Gasteiger partial charge in [-0.25, -0.2) is 0 Å². The zero-order valence-corrected chi connectivity index (χ0v) is 10.5. The smallest absolute Gasteiger partial charge is 0.166 e. The summed E-state index contributed by atoms with van der Waals surface area (Å²) in [5, 5.41) is 0. The molecule has 1 saturated carbocycles. The highest BCUT2D eigenvalue weighted by Crippen LogP contribution is 2.27. The van der Waals surface area contributed by atoms with E-state index < -0.39 is 0 Å². The Hall–Kier alpha value is -1.31. The zero-order valence-electron chi connectivity index (χ0n) is 10.5. The van der Waals surface area contributed by atoms with Gasteiger partial charge in [-0.15, -0.1) is 0 Å². The first-order chi connectivity index (χ1) is 8.22. The van der Waals surface area contributed by atoms with Crippen molar-refractivity contribution in [1.29, 1.82) is 0 Å². The summed E-state index contributed by atoms with van der Waals surface area (Å²) in [6.07, 6.45) is 6.69. The van der Waals surface area contributed by atoms with Gasteiger partial charge in [-0.1, -0.05) is 38.3 Å². The van der Waals surface area contributed by atoms with Gasteiger partial charge in [0.15, 0.2) is 5.78 Å². The lowest BCUT2D eigenvalue weighted by molar-refractivity contribution is 0.0889. The number of nitrogens with two attached hydrogens (primary N) is 1. The first-order valence-corrected chi connectivity index (χ1v) is 6.65. The van der Waals surface area contributed by atoms with Gasteiger partial charge in [-0.2, -0.15) is 0 Å². The molecule has 17 heavy (non-hydrogen) atoms. The molecule has 0 aliphatic heterocycles. The number of aryl methyl sites for hydroxylation is 1. The molecule has 1 fully saturated rings. The minimum Gasteiger partial charge on any atom is -0.398 e. The molecular formula is C15H21NO. The van der Waals surface area contributed by atoms with Crippen LogP contribution in [0, 0.1) is 5.92 Å². The second-order valence-electron chi connectivity index (χ2n) is 4.97. The monoisotopic (exact) mass is 231 g/mol. The van der Waals surface area contributed by atoms with E-state index in [1.165, 1.54) is 19.3 Å². The van der Waals surface area contributed by atoms with Gasteiger partial charge in [0, 0.05) is 17.2 Å². The molecule has 0 unspecified atom stereocenters. The Labute approximate surface area is 103 Å². The van der Waals surface area contributed by atoms with Crippen molar-refractivity contribution in [2.75, 3.05) is 5.73 Å². The predicted molar refractivity (Wildman–Crippen MR) is 71.1 cm³/mol. The van der Waals surface area contributed by atoms with Gasteiger partial charge < -0.3 is 5.73 Å². The average Bonchev–Trinajstić information content (AvgIpc) is 2.39. The minimum absolute atomic E-state index is 0.232. The van der Waals surface area contributed by atoms with E-state index >= 15 is 0 Å². The molecule has 2 heteroatoms. The number of Topliss-reactive ketones (excluding diaryl/α,β-unsaturated/α-hetero) is 1. The van der Waals surface area contributed by atoms with Crippen LogP contribution in [0.4, 0.5) is 5.69 Å². The van der Waals surface area contributed by atoms with Crippen molar-refractivity contribution in [2.24, 2.45) is 5.92 Å². The second kappa shape index (κ2) is 5.35. The largest absolute Gasteiger partial charge is 0.398 e. The summed E-state index contributed by atoms with van der Waals surface area (Å²) in [5.74, 6) is 0.523. The van der Waals surface area contributed by atoms with Gasteiger partial charge >= 0.3 is 0 Å². The molecule has 1 aromatic rings. The lowest BCUT2D eigenvalue weighted by Gasteiger charge is -2.20. The van der Waals surface area contributed by atoms with Gasteiger partial charge in [-0.05, 0) is 30.9 Å². The fourth-order valence-electron chi connectivity index (χ4n) is 2.67. The maximum Gasteiger partial charge on any atom is 0.166 e. The summed E-state index contributed by atoms with van der Waals surface area (Å²) in [6.45, 7) is 2.08. The maximum absolute atomic E-state index is 12.3. The number of carbonyl (C=O) groups is 1. The molecule has 0 radical (unpaired) electrons. The Balaban J connectivity index is 2.16. The summed E-state index contributed by atoms with van der Waals surface area (Å²) in [7, 11) is 0. The molecular weight excluding hydrogens is 210 g/mol. The minimum atomic E-state index is 0.232. The molecule has 0 amide bonds. The van der Waals surface area contributed by atoms with E-state index in [0.29, 0.717) is 5.78 Å². The van der Waals surface area contributed by atoms with Crippen LogP contribution < -0.4 is 5.73 Å². The number of ketones is 1. The molecule has 0 bridgehead atoms. The third-order valence-electron chi connectivity index (χ3n) is 3.79. The van der Waals surface area contributed by atoms with Crippen LogP contribution in [0.5, 0.6) is 0 Å². The van der Waals surface area contributed by atoms with Crippen LogP contribution in [0.25, 0.3) is 0 Å². The third-order valence-corrected chi connectivity index (χ3v) is 3.79. The SMILES string of the molecule is CCc1ccc(C(=O)C2CCCCC2)cc1N. The summed E-state index contributed by atoms with van der Waals surface area (Å²) >= 11 is 0. The molecule has 0 atom stereocenters. The van der Waals surface area contributed by atoms with Crippen LogP contribution in [0.15, 0.2) is 18.2 Å². The van der Waals surface area contributed by atoms with E-state index in [1.54, 1.807) is 0 Å². The summed E-state index contributed by atoms with van der Waals surface area (Å²) in [5.41, 5.74) is 8.63. The molecule has 1 aliphatic carbocycles. The van der Waals surface area contributed by atoms with Gasteiger partial charge in [0.1, 0.15) is 0 Å². The molecule has 2 N–H and O–H groups in total. The number of hydrogen-bond donors (Lipinski definition) is 1. The zero-order chi connectivity index (χ0) is 12.3. The standard InChI is InChI=1S/C15H21NO/c1-2-11-8-9-13(10-14(11)16)15(17)12-6-4-3-5-7-12/h8-10,12H,2-7,16H2,1H3. The van der Waals surface area contributed by atoms with Gasteiger partial charge in [0.25, 0.3) is 0 Å². The van der Waals surface area contributed by atoms with Gasteiger partial charge in [0.2, 0.25) is 0 Å². The average molecular weight is 231 g/mol. The van der Waals surface area contributed by atoms with Crippen LogP contribution >= 0.6 is 0 Å². The molecule has 1 aliphatic rings. The first kappa shape index (κ1) is 12.2. The lowest BCUT2D eigenvalue weighted by Crippen LogP contribution is -2.18. The van der Waals surface area contributed by atoms with Crippen LogP contribution in [0.2, 0.25) is 0 Å². The van der Waals surface area contributed by atoms with Crippen molar-refractivity contribution >= 4 is 11.5 Å². The van der Waals surface area contributed by atoms with Crippen LogP contribution in [0.3, 0.4) is 0 Å². The van der Waals surface area contributed by atoms with Crippen LogP contribution in [-0.4, -0.2) is 5.78 Å². The Morgan fingerprint density at radius 2 is 2.00 bits per heavy atom. The summed E-state index contributed by atoms with van der Waals surface area (Å²) in [4.78, 5) is 12.3. The van der Waals surface area contributed by atoms with E-state index in [9.17, 15) is 4.79 Å². The van der Waals surface area contributed by atoms with Gasteiger partial charge in [-0.3, -0.25) is 4.79 Å². The molecule has 2 rings (SSSR count). The molecule has 0 aromatic heterocycles.